The number of nitrogens with one attached hydrogen (secondary N) is 1. The van der Waals surface area contributed by atoms with E-state index in [-0.39, 0.29) is 17.6 Å². The quantitative estimate of drug-likeness (QED) is 0.871. The molecule has 1 saturated heterocycles. The van der Waals surface area contributed by atoms with Crippen molar-refractivity contribution in [1.82, 2.24) is 9.88 Å². The second-order valence-corrected chi connectivity index (χ2v) is 6.89. The maximum absolute atomic E-state index is 13.0. The number of thiazole rings is 1. The number of carbonyl (C=O) groups excluding carboxylic acids is 1. The molecule has 2 N–H and O–H groups in total. The molecule has 0 spiro atoms. The van der Waals surface area contributed by atoms with E-state index in [1.54, 1.807) is 18.3 Å². The standard InChI is InChI=1S/C17H20FN3O2S/c18-14-3-1-12(2-4-14)16(23)13-5-8-21(9-6-13)11-15(22)20-17-19-7-10-24-17/h1-4,7,10,13,16,23H,5-6,8-9,11H2,(H,19,20,22). The molecule has 3 rings (SSSR count). The SMILES string of the molecule is O=C(CN1CCC(C(O)c2ccc(F)cc2)CC1)Nc1nccs1. The molecule has 2 heterocycles. The summed E-state index contributed by atoms with van der Waals surface area (Å²) in [5, 5.41) is 15.7. The molecule has 1 aliphatic heterocycles. The molecule has 2 aromatic rings. The van der Waals surface area contributed by atoms with Gasteiger partial charge in [0.2, 0.25) is 5.91 Å². The van der Waals surface area contributed by atoms with Gasteiger partial charge < -0.3 is 10.4 Å². The summed E-state index contributed by atoms with van der Waals surface area (Å²) in [4.78, 5) is 18.1. The summed E-state index contributed by atoms with van der Waals surface area (Å²) in [6.07, 6.45) is 2.69. The molecule has 0 bridgehead atoms. The van der Waals surface area contributed by atoms with E-state index in [0.29, 0.717) is 11.7 Å². The number of amides is 1. The van der Waals surface area contributed by atoms with Crippen LogP contribution in [0.25, 0.3) is 0 Å². The number of hydrogen-bond acceptors (Lipinski definition) is 5. The summed E-state index contributed by atoms with van der Waals surface area (Å²) in [5.41, 5.74) is 0.747. The fourth-order valence-electron chi connectivity index (χ4n) is 3.01. The van der Waals surface area contributed by atoms with Crippen LogP contribution in [-0.2, 0) is 4.79 Å². The second-order valence-electron chi connectivity index (χ2n) is 6.00. The normalized spacial score (nSPS) is 17.6. The summed E-state index contributed by atoms with van der Waals surface area (Å²) in [6.45, 7) is 1.85. The molecular formula is C17H20FN3O2S. The average molecular weight is 349 g/mol. The van der Waals surface area contributed by atoms with Crippen LogP contribution in [0.3, 0.4) is 0 Å². The third kappa shape index (κ3) is 4.37. The van der Waals surface area contributed by atoms with Crippen LogP contribution in [-0.4, -0.2) is 40.5 Å². The Morgan fingerprint density at radius 2 is 2.08 bits per heavy atom. The van der Waals surface area contributed by atoms with Gasteiger partial charge in [-0.25, -0.2) is 9.37 Å². The molecule has 0 radical (unpaired) electrons. The molecule has 128 valence electrons. The van der Waals surface area contributed by atoms with E-state index in [9.17, 15) is 14.3 Å². The molecule has 5 nitrogen and oxygen atoms in total. The molecule has 1 aromatic carbocycles. The number of anilines is 1. The van der Waals surface area contributed by atoms with Gasteiger partial charge >= 0.3 is 0 Å². The Balaban J connectivity index is 1.46. The number of nitrogens with zero attached hydrogens (tertiary/aromatic N) is 2. The van der Waals surface area contributed by atoms with Crippen molar-refractivity contribution in [3.63, 3.8) is 0 Å². The van der Waals surface area contributed by atoms with Gasteiger partial charge in [-0.2, -0.15) is 0 Å². The van der Waals surface area contributed by atoms with Gasteiger partial charge in [-0.05, 0) is 49.5 Å². The maximum Gasteiger partial charge on any atom is 0.240 e. The Morgan fingerprint density at radius 3 is 2.71 bits per heavy atom. The highest BCUT2D eigenvalue weighted by atomic mass is 32.1. The minimum absolute atomic E-state index is 0.0671. The number of aromatic nitrogens is 1. The van der Waals surface area contributed by atoms with Crippen LogP contribution >= 0.6 is 11.3 Å². The number of carbonyl (C=O) groups is 1. The van der Waals surface area contributed by atoms with Gasteiger partial charge in [0, 0.05) is 11.6 Å². The van der Waals surface area contributed by atoms with Gasteiger partial charge in [0.25, 0.3) is 0 Å². The van der Waals surface area contributed by atoms with Crippen molar-refractivity contribution in [2.24, 2.45) is 5.92 Å². The Hall–Kier alpha value is -1.83. The molecule has 1 atom stereocenters. The number of hydrogen-bond donors (Lipinski definition) is 2. The van der Waals surface area contributed by atoms with Gasteiger partial charge in [0.1, 0.15) is 5.82 Å². The molecule has 0 aliphatic carbocycles. The Labute approximate surface area is 144 Å². The topological polar surface area (TPSA) is 65.5 Å². The van der Waals surface area contributed by atoms with E-state index in [2.05, 4.69) is 15.2 Å². The molecule has 1 fully saturated rings. The van der Waals surface area contributed by atoms with Gasteiger partial charge in [0.05, 0.1) is 12.6 Å². The molecular weight excluding hydrogens is 329 g/mol. The van der Waals surface area contributed by atoms with Crippen molar-refractivity contribution in [2.45, 2.75) is 18.9 Å². The number of aliphatic hydroxyl groups is 1. The molecule has 24 heavy (non-hydrogen) atoms. The molecule has 0 saturated carbocycles. The number of piperidine rings is 1. The number of rotatable bonds is 5. The molecule has 1 unspecified atom stereocenters. The Morgan fingerprint density at radius 1 is 1.38 bits per heavy atom. The third-order valence-electron chi connectivity index (χ3n) is 4.34. The maximum atomic E-state index is 13.0. The smallest absolute Gasteiger partial charge is 0.240 e. The molecule has 1 aliphatic rings. The average Bonchev–Trinajstić information content (AvgIpc) is 3.08. The monoisotopic (exact) mass is 349 g/mol. The first-order chi connectivity index (χ1) is 11.6. The van der Waals surface area contributed by atoms with E-state index < -0.39 is 6.10 Å². The Kier molecular flexibility index (Phi) is 5.55. The van der Waals surface area contributed by atoms with Crippen molar-refractivity contribution in [3.8, 4) is 0 Å². The van der Waals surface area contributed by atoms with Gasteiger partial charge in [-0.1, -0.05) is 12.1 Å². The summed E-state index contributed by atoms with van der Waals surface area (Å²) in [6, 6.07) is 6.01. The number of likely N-dealkylation sites (tertiary alicyclic amines) is 1. The lowest BCUT2D eigenvalue weighted by atomic mass is 9.87. The second kappa shape index (κ2) is 7.83. The van der Waals surface area contributed by atoms with Crippen molar-refractivity contribution >= 4 is 22.4 Å². The minimum Gasteiger partial charge on any atom is -0.388 e. The van der Waals surface area contributed by atoms with E-state index in [1.807, 2.05) is 5.38 Å². The summed E-state index contributed by atoms with van der Waals surface area (Å²) in [5.74, 6) is -0.233. The van der Waals surface area contributed by atoms with Crippen LogP contribution in [0.15, 0.2) is 35.8 Å². The van der Waals surface area contributed by atoms with E-state index in [0.717, 1.165) is 31.5 Å². The first-order valence-electron chi connectivity index (χ1n) is 7.97. The van der Waals surface area contributed by atoms with Crippen molar-refractivity contribution in [3.05, 3.63) is 47.2 Å². The van der Waals surface area contributed by atoms with Crippen molar-refractivity contribution in [2.75, 3.05) is 25.0 Å². The fourth-order valence-corrected chi connectivity index (χ4v) is 3.55. The highest BCUT2D eigenvalue weighted by Crippen LogP contribution is 2.30. The predicted molar refractivity (Wildman–Crippen MR) is 91.3 cm³/mol. The number of aliphatic hydroxyl groups excluding tert-OH is 1. The van der Waals surface area contributed by atoms with Crippen molar-refractivity contribution in [1.29, 1.82) is 0 Å². The number of benzene rings is 1. The van der Waals surface area contributed by atoms with Crippen LogP contribution < -0.4 is 5.32 Å². The minimum atomic E-state index is -0.586. The van der Waals surface area contributed by atoms with E-state index >= 15 is 0 Å². The van der Waals surface area contributed by atoms with Gasteiger partial charge in [-0.3, -0.25) is 9.69 Å². The zero-order chi connectivity index (χ0) is 16.9. The van der Waals surface area contributed by atoms with Crippen LogP contribution in [0, 0.1) is 11.7 Å². The highest BCUT2D eigenvalue weighted by Gasteiger charge is 2.27. The number of halogens is 1. The van der Waals surface area contributed by atoms with E-state index in [1.165, 1.54) is 23.5 Å². The lowest BCUT2D eigenvalue weighted by Gasteiger charge is -2.33. The van der Waals surface area contributed by atoms with Crippen LogP contribution in [0.2, 0.25) is 0 Å². The first-order valence-corrected chi connectivity index (χ1v) is 8.85. The predicted octanol–water partition coefficient (Wildman–Crippen LogP) is 2.67. The first kappa shape index (κ1) is 17.0. The summed E-state index contributed by atoms with van der Waals surface area (Å²) >= 11 is 1.39. The van der Waals surface area contributed by atoms with Gasteiger partial charge in [-0.15, -0.1) is 11.3 Å². The summed E-state index contributed by atoms with van der Waals surface area (Å²) < 4.78 is 13.0. The van der Waals surface area contributed by atoms with Crippen LogP contribution in [0.5, 0.6) is 0 Å². The van der Waals surface area contributed by atoms with Crippen LogP contribution in [0.4, 0.5) is 9.52 Å². The largest absolute Gasteiger partial charge is 0.388 e. The van der Waals surface area contributed by atoms with E-state index in [4.69, 9.17) is 0 Å². The third-order valence-corrected chi connectivity index (χ3v) is 5.02. The molecule has 7 heteroatoms. The summed E-state index contributed by atoms with van der Waals surface area (Å²) in [7, 11) is 0. The molecule has 1 aromatic heterocycles. The zero-order valence-electron chi connectivity index (χ0n) is 13.2. The van der Waals surface area contributed by atoms with Crippen molar-refractivity contribution < 1.29 is 14.3 Å². The van der Waals surface area contributed by atoms with Crippen LogP contribution in [0.1, 0.15) is 24.5 Å². The van der Waals surface area contributed by atoms with Gasteiger partial charge in [0.15, 0.2) is 5.13 Å². The lowest BCUT2D eigenvalue weighted by molar-refractivity contribution is -0.117. The molecule has 1 amide bonds. The Bertz CT molecular complexity index is 655. The fraction of sp³-hybridized carbons (Fsp3) is 0.412. The zero-order valence-corrected chi connectivity index (χ0v) is 14.0. The highest BCUT2D eigenvalue weighted by molar-refractivity contribution is 7.13. The lowest BCUT2D eigenvalue weighted by Crippen LogP contribution is -2.40.